The Morgan fingerprint density at radius 2 is 1.68 bits per heavy atom. The van der Waals surface area contributed by atoms with Gasteiger partial charge in [-0.1, -0.05) is 12.1 Å². The standard InChI is InChI=1S/C14H22N2O.2ClH/c1-11(12-3-5-13(15)6-4-12)16(2)14-7-9-17-10-8-14;;/h3-6,11,14H,7-10,15H2,1-2H3;2*1H/t11-;;/m1../s1. The molecule has 1 aliphatic heterocycles. The summed E-state index contributed by atoms with van der Waals surface area (Å²) in [7, 11) is 2.21. The number of ether oxygens (including phenoxy) is 1. The summed E-state index contributed by atoms with van der Waals surface area (Å²) in [5.74, 6) is 0. The Labute approximate surface area is 128 Å². The van der Waals surface area contributed by atoms with Gasteiger partial charge in [0.05, 0.1) is 0 Å². The van der Waals surface area contributed by atoms with Crippen molar-refractivity contribution < 1.29 is 4.74 Å². The topological polar surface area (TPSA) is 38.5 Å². The lowest BCUT2D eigenvalue weighted by molar-refractivity contribution is 0.0309. The van der Waals surface area contributed by atoms with Crippen molar-refractivity contribution in [3.63, 3.8) is 0 Å². The quantitative estimate of drug-likeness (QED) is 0.871. The maximum absolute atomic E-state index is 5.72. The molecular formula is C14H24Cl2N2O. The van der Waals surface area contributed by atoms with E-state index in [0.717, 1.165) is 31.7 Å². The molecule has 0 unspecified atom stereocenters. The third-order valence-corrected chi connectivity index (χ3v) is 3.80. The Hall–Kier alpha value is -0.480. The van der Waals surface area contributed by atoms with E-state index in [9.17, 15) is 0 Å². The van der Waals surface area contributed by atoms with E-state index in [4.69, 9.17) is 10.5 Å². The zero-order chi connectivity index (χ0) is 12.3. The summed E-state index contributed by atoms with van der Waals surface area (Å²) < 4.78 is 5.41. The van der Waals surface area contributed by atoms with Crippen molar-refractivity contribution in [2.75, 3.05) is 26.0 Å². The number of rotatable bonds is 3. The lowest BCUT2D eigenvalue weighted by Gasteiger charge is -2.35. The summed E-state index contributed by atoms with van der Waals surface area (Å²) in [5, 5.41) is 0. The molecule has 0 aromatic heterocycles. The van der Waals surface area contributed by atoms with Crippen molar-refractivity contribution in [1.82, 2.24) is 4.90 Å². The van der Waals surface area contributed by atoms with E-state index in [1.807, 2.05) is 12.1 Å². The van der Waals surface area contributed by atoms with Crippen LogP contribution in [0.15, 0.2) is 24.3 Å². The van der Waals surface area contributed by atoms with Gasteiger partial charge in [-0.25, -0.2) is 0 Å². The molecule has 3 nitrogen and oxygen atoms in total. The molecule has 2 N–H and O–H groups in total. The SMILES string of the molecule is C[C@H](c1ccc(N)cc1)N(C)C1CCOCC1.Cl.Cl. The monoisotopic (exact) mass is 306 g/mol. The molecule has 0 aliphatic carbocycles. The molecule has 110 valence electrons. The number of hydrogen-bond acceptors (Lipinski definition) is 3. The fourth-order valence-corrected chi connectivity index (χ4v) is 2.42. The second kappa shape index (κ2) is 8.64. The van der Waals surface area contributed by atoms with E-state index in [-0.39, 0.29) is 24.8 Å². The van der Waals surface area contributed by atoms with E-state index in [2.05, 4.69) is 31.0 Å². The van der Waals surface area contributed by atoms with Crippen LogP contribution in [0.5, 0.6) is 0 Å². The summed E-state index contributed by atoms with van der Waals surface area (Å²) in [6.45, 7) is 4.04. The van der Waals surface area contributed by atoms with E-state index in [1.54, 1.807) is 0 Å². The maximum Gasteiger partial charge on any atom is 0.0480 e. The minimum absolute atomic E-state index is 0. The highest BCUT2D eigenvalue weighted by Crippen LogP contribution is 2.25. The molecule has 1 atom stereocenters. The number of hydrogen-bond donors (Lipinski definition) is 1. The van der Waals surface area contributed by atoms with Gasteiger partial charge in [-0.15, -0.1) is 24.8 Å². The molecule has 1 saturated heterocycles. The highest BCUT2D eigenvalue weighted by Gasteiger charge is 2.22. The van der Waals surface area contributed by atoms with Gasteiger partial charge in [0.25, 0.3) is 0 Å². The third kappa shape index (κ3) is 4.84. The molecule has 5 heteroatoms. The Bertz CT molecular complexity index is 353. The van der Waals surface area contributed by atoms with Gasteiger partial charge in [-0.3, -0.25) is 4.90 Å². The zero-order valence-electron chi connectivity index (χ0n) is 11.5. The normalized spacial score (nSPS) is 17.4. The summed E-state index contributed by atoms with van der Waals surface area (Å²) >= 11 is 0. The Morgan fingerprint density at radius 3 is 2.21 bits per heavy atom. The van der Waals surface area contributed by atoms with Gasteiger partial charge in [0.1, 0.15) is 0 Å². The van der Waals surface area contributed by atoms with Crippen LogP contribution in [0, 0.1) is 0 Å². The second-order valence-electron chi connectivity index (χ2n) is 4.85. The molecule has 1 aliphatic rings. The predicted octanol–water partition coefficient (Wildman–Crippen LogP) is 3.28. The lowest BCUT2D eigenvalue weighted by atomic mass is 10.0. The molecule has 0 spiro atoms. The average Bonchev–Trinajstić information content (AvgIpc) is 2.39. The van der Waals surface area contributed by atoms with Crippen LogP contribution < -0.4 is 5.73 Å². The van der Waals surface area contributed by atoms with Crippen molar-refractivity contribution in [2.45, 2.75) is 31.8 Å². The zero-order valence-corrected chi connectivity index (χ0v) is 13.2. The van der Waals surface area contributed by atoms with Gasteiger partial charge in [-0.05, 0) is 44.5 Å². The van der Waals surface area contributed by atoms with Crippen LogP contribution in [-0.2, 0) is 4.74 Å². The first-order valence-electron chi connectivity index (χ1n) is 6.33. The Kier molecular flexibility index (Phi) is 8.42. The van der Waals surface area contributed by atoms with Crippen molar-refractivity contribution in [2.24, 2.45) is 0 Å². The largest absolute Gasteiger partial charge is 0.399 e. The predicted molar refractivity (Wildman–Crippen MR) is 85.4 cm³/mol. The highest BCUT2D eigenvalue weighted by molar-refractivity contribution is 5.85. The van der Waals surface area contributed by atoms with E-state index < -0.39 is 0 Å². The van der Waals surface area contributed by atoms with Gasteiger partial charge in [-0.2, -0.15) is 0 Å². The first-order valence-corrected chi connectivity index (χ1v) is 6.33. The molecule has 0 amide bonds. The number of nitrogens with zero attached hydrogens (tertiary/aromatic N) is 1. The molecular weight excluding hydrogens is 283 g/mol. The summed E-state index contributed by atoms with van der Waals surface area (Å²) in [4.78, 5) is 2.45. The molecule has 1 aromatic carbocycles. The van der Waals surface area contributed by atoms with Crippen LogP contribution in [0.2, 0.25) is 0 Å². The van der Waals surface area contributed by atoms with Gasteiger partial charge >= 0.3 is 0 Å². The number of nitrogen functional groups attached to an aromatic ring is 1. The lowest BCUT2D eigenvalue weighted by Crippen LogP contribution is -2.38. The second-order valence-corrected chi connectivity index (χ2v) is 4.85. The van der Waals surface area contributed by atoms with Crippen LogP contribution in [0.1, 0.15) is 31.4 Å². The van der Waals surface area contributed by atoms with Gasteiger partial charge < -0.3 is 10.5 Å². The van der Waals surface area contributed by atoms with Crippen molar-refractivity contribution in [3.8, 4) is 0 Å². The number of anilines is 1. The van der Waals surface area contributed by atoms with Gasteiger partial charge in [0, 0.05) is 31.0 Å². The molecule has 2 rings (SSSR count). The Morgan fingerprint density at radius 1 is 1.16 bits per heavy atom. The summed E-state index contributed by atoms with van der Waals surface area (Å²) in [5.41, 5.74) is 7.87. The number of benzene rings is 1. The molecule has 0 saturated carbocycles. The van der Waals surface area contributed by atoms with Gasteiger partial charge in [0.2, 0.25) is 0 Å². The fraction of sp³-hybridized carbons (Fsp3) is 0.571. The molecule has 1 fully saturated rings. The first-order chi connectivity index (χ1) is 8.18. The van der Waals surface area contributed by atoms with Crippen LogP contribution in [0.4, 0.5) is 5.69 Å². The fourth-order valence-electron chi connectivity index (χ4n) is 2.42. The molecule has 19 heavy (non-hydrogen) atoms. The highest BCUT2D eigenvalue weighted by atomic mass is 35.5. The van der Waals surface area contributed by atoms with Crippen LogP contribution in [0.3, 0.4) is 0 Å². The minimum Gasteiger partial charge on any atom is -0.399 e. The van der Waals surface area contributed by atoms with Crippen LogP contribution in [-0.4, -0.2) is 31.2 Å². The van der Waals surface area contributed by atoms with Crippen molar-refractivity contribution in [1.29, 1.82) is 0 Å². The molecule has 1 heterocycles. The molecule has 1 aromatic rings. The third-order valence-electron chi connectivity index (χ3n) is 3.80. The first kappa shape index (κ1) is 18.5. The molecule has 0 bridgehead atoms. The van der Waals surface area contributed by atoms with E-state index in [0.29, 0.717) is 12.1 Å². The molecule has 0 radical (unpaired) electrons. The minimum atomic E-state index is 0. The Balaban J connectivity index is 0.00000162. The maximum atomic E-state index is 5.72. The van der Waals surface area contributed by atoms with Crippen LogP contribution in [0.25, 0.3) is 0 Å². The van der Waals surface area contributed by atoms with Crippen LogP contribution >= 0.6 is 24.8 Å². The average molecular weight is 307 g/mol. The van der Waals surface area contributed by atoms with E-state index >= 15 is 0 Å². The van der Waals surface area contributed by atoms with Gasteiger partial charge in [0.15, 0.2) is 0 Å². The van der Waals surface area contributed by atoms with Crippen molar-refractivity contribution >= 4 is 30.5 Å². The van der Waals surface area contributed by atoms with Crippen molar-refractivity contribution in [3.05, 3.63) is 29.8 Å². The smallest absolute Gasteiger partial charge is 0.0480 e. The van der Waals surface area contributed by atoms with E-state index in [1.165, 1.54) is 5.56 Å². The number of nitrogens with two attached hydrogens (primary N) is 1. The number of halogens is 2. The summed E-state index contributed by atoms with van der Waals surface area (Å²) in [6, 6.07) is 9.26. The summed E-state index contributed by atoms with van der Waals surface area (Å²) in [6.07, 6.45) is 2.27.